The molecule has 0 unspecified atom stereocenters. The predicted octanol–water partition coefficient (Wildman–Crippen LogP) is 2.50. The highest BCUT2D eigenvalue weighted by Gasteiger charge is 2.05. The van der Waals surface area contributed by atoms with E-state index in [9.17, 15) is 9.18 Å². The first-order valence-electron chi connectivity index (χ1n) is 5.61. The zero-order valence-electron chi connectivity index (χ0n) is 9.94. The SMILES string of the molecule is O=C(NCCn1ccnc1)Nc1ccc(F)cc1Cl. The molecule has 2 N–H and O–H groups in total. The van der Waals surface area contributed by atoms with Gasteiger partial charge < -0.3 is 15.2 Å². The lowest BCUT2D eigenvalue weighted by Crippen LogP contribution is -2.31. The molecule has 2 aromatic rings. The van der Waals surface area contributed by atoms with Crippen molar-refractivity contribution in [2.45, 2.75) is 6.54 Å². The van der Waals surface area contributed by atoms with Crippen LogP contribution < -0.4 is 10.6 Å². The summed E-state index contributed by atoms with van der Waals surface area (Å²) in [4.78, 5) is 15.5. The quantitative estimate of drug-likeness (QED) is 0.905. The van der Waals surface area contributed by atoms with E-state index >= 15 is 0 Å². The molecule has 2 rings (SSSR count). The molecule has 1 aromatic heterocycles. The number of amides is 2. The number of halogens is 2. The van der Waals surface area contributed by atoms with Crippen LogP contribution in [0.1, 0.15) is 0 Å². The molecule has 0 atom stereocenters. The van der Waals surface area contributed by atoms with Gasteiger partial charge in [0.05, 0.1) is 17.0 Å². The fourth-order valence-electron chi connectivity index (χ4n) is 1.47. The van der Waals surface area contributed by atoms with Gasteiger partial charge in [-0.15, -0.1) is 0 Å². The summed E-state index contributed by atoms with van der Waals surface area (Å²) in [5.74, 6) is -0.448. The fourth-order valence-corrected chi connectivity index (χ4v) is 1.69. The topological polar surface area (TPSA) is 59.0 Å². The summed E-state index contributed by atoms with van der Waals surface area (Å²) < 4.78 is 14.7. The van der Waals surface area contributed by atoms with Gasteiger partial charge in [-0.3, -0.25) is 0 Å². The van der Waals surface area contributed by atoms with Gasteiger partial charge in [0.15, 0.2) is 0 Å². The number of benzene rings is 1. The molecule has 0 saturated carbocycles. The van der Waals surface area contributed by atoms with E-state index < -0.39 is 11.8 Å². The highest BCUT2D eigenvalue weighted by Crippen LogP contribution is 2.21. The van der Waals surface area contributed by atoms with E-state index in [1.807, 2.05) is 4.57 Å². The Morgan fingerprint density at radius 1 is 1.47 bits per heavy atom. The number of hydrogen-bond acceptors (Lipinski definition) is 2. The second-order valence-electron chi connectivity index (χ2n) is 3.81. The second kappa shape index (κ2) is 6.19. The van der Waals surface area contributed by atoms with E-state index in [-0.39, 0.29) is 5.02 Å². The number of imidazole rings is 1. The minimum atomic E-state index is -0.448. The third-order valence-electron chi connectivity index (χ3n) is 2.39. The van der Waals surface area contributed by atoms with Crippen molar-refractivity contribution in [3.63, 3.8) is 0 Å². The third kappa shape index (κ3) is 3.96. The number of nitrogens with zero attached hydrogens (tertiary/aromatic N) is 2. The summed E-state index contributed by atoms with van der Waals surface area (Å²) in [5.41, 5.74) is 0.364. The Hall–Kier alpha value is -2.08. The number of hydrogen-bond donors (Lipinski definition) is 2. The van der Waals surface area contributed by atoms with E-state index in [1.165, 1.54) is 12.1 Å². The van der Waals surface area contributed by atoms with Crippen LogP contribution in [0.15, 0.2) is 36.9 Å². The van der Waals surface area contributed by atoms with Crippen molar-refractivity contribution in [1.82, 2.24) is 14.9 Å². The molecular weight excluding hydrogens is 271 g/mol. The van der Waals surface area contributed by atoms with Crippen LogP contribution in [0.4, 0.5) is 14.9 Å². The first-order valence-corrected chi connectivity index (χ1v) is 5.98. The summed E-state index contributed by atoms with van der Waals surface area (Å²) in [6, 6.07) is 3.39. The number of rotatable bonds is 4. The van der Waals surface area contributed by atoms with Gasteiger partial charge in [-0.05, 0) is 18.2 Å². The van der Waals surface area contributed by atoms with E-state index in [4.69, 9.17) is 11.6 Å². The Bertz CT molecular complexity index is 559. The van der Waals surface area contributed by atoms with Crippen LogP contribution in [0.3, 0.4) is 0 Å². The number of nitrogens with one attached hydrogen (secondary N) is 2. The van der Waals surface area contributed by atoms with Crippen molar-refractivity contribution >= 4 is 23.3 Å². The molecule has 0 aliphatic rings. The average Bonchev–Trinajstić information content (AvgIpc) is 2.86. The number of carbonyl (C=O) groups excluding carboxylic acids is 1. The number of carbonyl (C=O) groups is 1. The number of aromatic nitrogens is 2. The molecule has 0 spiro atoms. The Morgan fingerprint density at radius 3 is 3.00 bits per heavy atom. The summed E-state index contributed by atoms with van der Waals surface area (Å²) in [6.07, 6.45) is 5.13. The molecule has 100 valence electrons. The van der Waals surface area contributed by atoms with Gasteiger partial charge in [0.1, 0.15) is 5.82 Å². The second-order valence-corrected chi connectivity index (χ2v) is 4.21. The van der Waals surface area contributed by atoms with Crippen LogP contribution in [-0.2, 0) is 6.54 Å². The monoisotopic (exact) mass is 282 g/mol. The van der Waals surface area contributed by atoms with E-state index in [1.54, 1.807) is 18.7 Å². The first-order chi connectivity index (χ1) is 9.15. The lowest BCUT2D eigenvalue weighted by atomic mass is 10.3. The van der Waals surface area contributed by atoms with Crippen molar-refractivity contribution in [1.29, 1.82) is 0 Å². The maximum Gasteiger partial charge on any atom is 0.319 e. The van der Waals surface area contributed by atoms with E-state index in [0.29, 0.717) is 18.8 Å². The zero-order valence-corrected chi connectivity index (χ0v) is 10.7. The minimum absolute atomic E-state index is 0.157. The van der Waals surface area contributed by atoms with Gasteiger partial charge >= 0.3 is 6.03 Å². The predicted molar refractivity (Wildman–Crippen MR) is 70.7 cm³/mol. The van der Waals surface area contributed by atoms with Crippen molar-refractivity contribution in [2.24, 2.45) is 0 Å². The largest absolute Gasteiger partial charge is 0.336 e. The molecule has 0 saturated heterocycles. The van der Waals surface area contributed by atoms with Crippen molar-refractivity contribution in [2.75, 3.05) is 11.9 Å². The molecule has 2 amide bonds. The Balaban J connectivity index is 1.80. The lowest BCUT2D eigenvalue weighted by molar-refractivity contribution is 0.251. The standard InChI is InChI=1S/C12H12ClFN4O/c13-10-7-9(14)1-2-11(10)17-12(19)16-4-6-18-5-3-15-8-18/h1-3,5,7-8H,4,6H2,(H2,16,17,19). The van der Waals surface area contributed by atoms with Gasteiger partial charge in [-0.2, -0.15) is 0 Å². The normalized spacial score (nSPS) is 10.2. The molecule has 5 nitrogen and oxygen atoms in total. The Morgan fingerprint density at radius 2 is 2.32 bits per heavy atom. The summed E-state index contributed by atoms with van der Waals surface area (Å²) >= 11 is 5.79. The van der Waals surface area contributed by atoms with Gasteiger partial charge in [-0.1, -0.05) is 11.6 Å². The number of urea groups is 1. The molecular formula is C12H12ClFN4O. The van der Waals surface area contributed by atoms with Gasteiger partial charge in [0.25, 0.3) is 0 Å². The highest BCUT2D eigenvalue weighted by atomic mass is 35.5. The molecule has 0 aliphatic heterocycles. The average molecular weight is 283 g/mol. The highest BCUT2D eigenvalue weighted by molar-refractivity contribution is 6.33. The van der Waals surface area contributed by atoms with Crippen molar-refractivity contribution in [3.8, 4) is 0 Å². The summed E-state index contributed by atoms with van der Waals surface area (Å²) in [6.45, 7) is 1.06. The number of anilines is 1. The van der Waals surface area contributed by atoms with Crippen molar-refractivity contribution < 1.29 is 9.18 Å². The molecule has 1 heterocycles. The van der Waals surface area contributed by atoms with Gasteiger partial charge in [0, 0.05) is 25.5 Å². The molecule has 19 heavy (non-hydrogen) atoms. The van der Waals surface area contributed by atoms with Crippen LogP contribution in [0.25, 0.3) is 0 Å². The van der Waals surface area contributed by atoms with Crippen LogP contribution in [0.5, 0.6) is 0 Å². The lowest BCUT2D eigenvalue weighted by Gasteiger charge is -2.09. The molecule has 7 heteroatoms. The molecule has 0 radical (unpaired) electrons. The third-order valence-corrected chi connectivity index (χ3v) is 2.71. The smallest absolute Gasteiger partial charge is 0.319 e. The summed E-state index contributed by atoms with van der Waals surface area (Å²) in [5, 5.41) is 5.36. The first kappa shape index (κ1) is 13.4. The molecule has 0 aliphatic carbocycles. The molecule has 0 bridgehead atoms. The van der Waals surface area contributed by atoms with Crippen molar-refractivity contribution in [3.05, 3.63) is 47.8 Å². The maximum atomic E-state index is 12.8. The van der Waals surface area contributed by atoms with Gasteiger partial charge in [-0.25, -0.2) is 14.2 Å². The summed E-state index contributed by atoms with van der Waals surface area (Å²) in [7, 11) is 0. The minimum Gasteiger partial charge on any atom is -0.336 e. The van der Waals surface area contributed by atoms with Crippen LogP contribution in [0.2, 0.25) is 5.02 Å². The van der Waals surface area contributed by atoms with Crippen LogP contribution >= 0.6 is 11.6 Å². The Labute approximate surface area is 114 Å². The molecule has 1 aromatic carbocycles. The Kier molecular flexibility index (Phi) is 4.35. The van der Waals surface area contributed by atoms with E-state index in [2.05, 4.69) is 15.6 Å². The van der Waals surface area contributed by atoms with E-state index in [0.717, 1.165) is 6.07 Å². The zero-order chi connectivity index (χ0) is 13.7. The maximum absolute atomic E-state index is 12.8. The van der Waals surface area contributed by atoms with Crippen LogP contribution in [-0.4, -0.2) is 22.1 Å². The molecule has 0 fully saturated rings. The van der Waals surface area contributed by atoms with Crippen LogP contribution in [0, 0.1) is 5.82 Å². The van der Waals surface area contributed by atoms with Gasteiger partial charge in [0.2, 0.25) is 0 Å². The fraction of sp³-hybridized carbons (Fsp3) is 0.167.